The summed E-state index contributed by atoms with van der Waals surface area (Å²) in [6, 6.07) is 57.9. The molecule has 0 saturated carbocycles. The Morgan fingerprint density at radius 2 is 1.16 bits per heavy atom. The summed E-state index contributed by atoms with van der Waals surface area (Å²) in [4.78, 5) is 0. The zero-order chi connectivity index (χ0) is 33.7. The van der Waals surface area contributed by atoms with Crippen molar-refractivity contribution in [3.8, 4) is 56.3 Å². The molecule has 7 aromatic carbocycles. The van der Waals surface area contributed by atoms with Crippen molar-refractivity contribution in [3.05, 3.63) is 187 Å². The molecule has 242 valence electrons. The van der Waals surface area contributed by atoms with Gasteiger partial charge in [-0.1, -0.05) is 121 Å². The summed E-state index contributed by atoms with van der Waals surface area (Å²) in [5.74, 6) is 3.28. The van der Waals surface area contributed by atoms with Crippen LogP contribution in [0, 0.1) is 0 Å². The average molecular weight is 656 g/mol. The Hall–Kier alpha value is -6.58. The summed E-state index contributed by atoms with van der Waals surface area (Å²) < 4.78 is 16.4. The highest BCUT2D eigenvalue weighted by atomic mass is 16.5. The third-order valence-corrected chi connectivity index (χ3v) is 10.2. The number of allylic oxidation sites excluding steroid dienone is 3. The van der Waals surface area contributed by atoms with E-state index in [4.69, 9.17) is 9.47 Å². The highest BCUT2D eigenvalue weighted by Crippen LogP contribution is 2.49. The molecule has 1 aliphatic heterocycles. The first-order valence-corrected chi connectivity index (χ1v) is 17.6. The van der Waals surface area contributed by atoms with Crippen LogP contribution in [0.2, 0.25) is 0 Å². The predicted molar refractivity (Wildman–Crippen MR) is 210 cm³/mol. The van der Waals surface area contributed by atoms with E-state index in [1.165, 1.54) is 21.8 Å². The zero-order valence-electron chi connectivity index (χ0n) is 27.9. The van der Waals surface area contributed by atoms with Gasteiger partial charge in [0.25, 0.3) is 0 Å². The molecule has 2 heterocycles. The lowest BCUT2D eigenvalue weighted by atomic mass is 9.90. The van der Waals surface area contributed by atoms with Gasteiger partial charge >= 0.3 is 0 Å². The van der Waals surface area contributed by atoms with Gasteiger partial charge in [-0.3, -0.25) is 0 Å². The number of fused-ring (bicyclic) bond motifs is 8. The molecule has 51 heavy (non-hydrogen) atoms. The van der Waals surface area contributed by atoms with E-state index in [0.717, 1.165) is 86.1 Å². The van der Waals surface area contributed by atoms with E-state index < -0.39 is 0 Å². The fourth-order valence-electron chi connectivity index (χ4n) is 7.80. The Kier molecular flexibility index (Phi) is 6.95. The van der Waals surface area contributed by atoms with Crippen molar-refractivity contribution < 1.29 is 9.47 Å². The molecule has 10 rings (SSSR count). The van der Waals surface area contributed by atoms with Crippen LogP contribution in [0.1, 0.15) is 18.4 Å². The molecule has 1 aliphatic carbocycles. The predicted octanol–water partition coefficient (Wildman–Crippen LogP) is 13.0. The molecule has 0 saturated heterocycles. The first-order chi connectivity index (χ1) is 25.3. The maximum atomic E-state index is 7.09. The van der Waals surface area contributed by atoms with Crippen molar-refractivity contribution in [2.24, 2.45) is 0 Å². The van der Waals surface area contributed by atoms with E-state index in [1.807, 2.05) is 6.07 Å². The number of ether oxygens (including phenoxy) is 2. The summed E-state index contributed by atoms with van der Waals surface area (Å²) in [7, 11) is 0. The second-order valence-corrected chi connectivity index (χ2v) is 13.2. The molecule has 8 aromatic rings. The number of aromatic nitrogens is 1. The minimum Gasteiger partial charge on any atom is -0.456 e. The standard InChI is InChI=1S/C48H33NO2/c1-3-14-32(15-4-1)36-21-13-25-46-48(36)41-29-27-34(31-47(41)51-45-24-12-9-20-40(45)39-19-8-11-23-44(39)50-46)33-26-28-38-37-18-7-10-22-42(37)49(43(38)30-33)35-16-5-2-6-17-35/h1-7,9-18,20-31H,8,19H2. The minimum atomic E-state index is 0.785. The third kappa shape index (κ3) is 4.97. The third-order valence-electron chi connectivity index (χ3n) is 10.2. The molecular formula is C48H33NO2. The van der Waals surface area contributed by atoms with E-state index in [1.54, 1.807) is 0 Å². The quantitative estimate of drug-likeness (QED) is 0.189. The Morgan fingerprint density at radius 1 is 0.451 bits per heavy atom. The van der Waals surface area contributed by atoms with Gasteiger partial charge in [0.15, 0.2) is 0 Å². The number of hydrogen-bond donors (Lipinski definition) is 0. The smallest absolute Gasteiger partial charge is 0.136 e. The van der Waals surface area contributed by atoms with Gasteiger partial charge in [0.1, 0.15) is 23.0 Å². The maximum Gasteiger partial charge on any atom is 0.136 e. The lowest BCUT2D eigenvalue weighted by molar-refractivity contribution is 0.440. The lowest BCUT2D eigenvalue weighted by Crippen LogP contribution is -2.06. The second kappa shape index (κ2) is 12.1. The summed E-state index contributed by atoms with van der Waals surface area (Å²) in [6.45, 7) is 0. The van der Waals surface area contributed by atoms with Gasteiger partial charge in [0.05, 0.1) is 11.0 Å². The van der Waals surface area contributed by atoms with Crippen LogP contribution in [0.4, 0.5) is 0 Å². The van der Waals surface area contributed by atoms with Crippen LogP contribution in [-0.4, -0.2) is 4.57 Å². The van der Waals surface area contributed by atoms with Crippen molar-refractivity contribution in [3.63, 3.8) is 0 Å². The van der Waals surface area contributed by atoms with Crippen molar-refractivity contribution in [1.29, 1.82) is 0 Å². The van der Waals surface area contributed by atoms with Crippen LogP contribution in [0.25, 0.3) is 66.4 Å². The van der Waals surface area contributed by atoms with Gasteiger partial charge in [-0.05, 0) is 89.7 Å². The van der Waals surface area contributed by atoms with Crippen molar-refractivity contribution in [2.75, 3.05) is 0 Å². The summed E-state index contributed by atoms with van der Waals surface area (Å²) in [5, 5.41) is 2.47. The molecular weight excluding hydrogens is 623 g/mol. The summed E-state index contributed by atoms with van der Waals surface area (Å²) in [6.07, 6.45) is 6.15. The zero-order valence-corrected chi connectivity index (χ0v) is 27.9. The van der Waals surface area contributed by atoms with Crippen LogP contribution in [0.3, 0.4) is 0 Å². The fraction of sp³-hybridized carbons (Fsp3) is 0.0417. The van der Waals surface area contributed by atoms with Gasteiger partial charge in [-0.25, -0.2) is 0 Å². The van der Waals surface area contributed by atoms with Crippen LogP contribution < -0.4 is 9.47 Å². The monoisotopic (exact) mass is 655 g/mol. The number of para-hydroxylation sites is 3. The maximum absolute atomic E-state index is 7.09. The largest absolute Gasteiger partial charge is 0.456 e. The molecule has 0 fully saturated rings. The summed E-state index contributed by atoms with van der Waals surface area (Å²) >= 11 is 0. The number of nitrogens with zero attached hydrogens (tertiary/aromatic N) is 1. The minimum absolute atomic E-state index is 0.785. The van der Waals surface area contributed by atoms with Crippen LogP contribution in [-0.2, 0) is 0 Å². The van der Waals surface area contributed by atoms with Crippen molar-refractivity contribution >= 4 is 27.4 Å². The molecule has 3 heteroatoms. The topological polar surface area (TPSA) is 23.4 Å². The highest BCUT2D eigenvalue weighted by molar-refractivity contribution is 6.10. The Labute approximate surface area is 297 Å². The molecule has 3 nitrogen and oxygen atoms in total. The van der Waals surface area contributed by atoms with E-state index in [-0.39, 0.29) is 0 Å². The molecule has 0 unspecified atom stereocenters. The SMILES string of the molecule is C1=CC2=C(CC1)c1ccccc1Oc1cc(-c3ccc4c5ccccc5n(-c5ccccc5)c4c3)ccc1-c1c(cccc1-c1ccccc1)O2. The number of benzene rings is 7. The molecule has 0 N–H and O–H groups in total. The van der Waals surface area contributed by atoms with Crippen molar-refractivity contribution in [1.82, 2.24) is 4.57 Å². The Balaban J connectivity index is 1.21. The normalized spacial score (nSPS) is 13.5. The van der Waals surface area contributed by atoms with Crippen LogP contribution in [0.5, 0.6) is 17.2 Å². The number of hydrogen-bond acceptors (Lipinski definition) is 2. The van der Waals surface area contributed by atoms with Gasteiger partial charge in [0, 0.05) is 38.7 Å². The summed E-state index contributed by atoms with van der Waals surface area (Å²) in [5.41, 5.74) is 12.1. The van der Waals surface area contributed by atoms with E-state index in [0.29, 0.717) is 0 Å². The Morgan fingerprint density at radius 3 is 2.06 bits per heavy atom. The molecule has 0 bridgehead atoms. The second-order valence-electron chi connectivity index (χ2n) is 13.2. The first kappa shape index (κ1) is 29.3. The van der Waals surface area contributed by atoms with E-state index >= 15 is 0 Å². The van der Waals surface area contributed by atoms with E-state index in [9.17, 15) is 0 Å². The molecule has 0 atom stereocenters. The van der Waals surface area contributed by atoms with Gasteiger partial charge < -0.3 is 14.0 Å². The van der Waals surface area contributed by atoms with Crippen molar-refractivity contribution in [2.45, 2.75) is 12.8 Å². The van der Waals surface area contributed by atoms with Crippen LogP contribution in [0.15, 0.2) is 182 Å². The molecule has 0 spiro atoms. The van der Waals surface area contributed by atoms with Crippen LogP contribution >= 0.6 is 0 Å². The van der Waals surface area contributed by atoms with Gasteiger partial charge in [0.2, 0.25) is 0 Å². The molecule has 1 aromatic heterocycles. The lowest BCUT2D eigenvalue weighted by Gasteiger charge is -2.25. The molecule has 2 aliphatic rings. The van der Waals surface area contributed by atoms with E-state index in [2.05, 4.69) is 174 Å². The van der Waals surface area contributed by atoms with Gasteiger partial charge in [-0.15, -0.1) is 0 Å². The first-order valence-electron chi connectivity index (χ1n) is 17.6. The Bertz CT molecular complexity index is 2680. The average Bonchev–Trinajstić information content (AvgIpc) is 3.53. The molecule has 0 amide bonds. The number of rotatable bonds is 3. The van der Waals surface area contributed by atoms with Gasteiger partial charge in [-0.2, -0.15) is 0 Å². The molecule has 0 radical (unpaired) electrons. The fourth-order valence-corrected chi connectivity index (χ4v) is 7.80. The highest BCUT2D eigenvalue weighted by Gasteiger charge is 2.25.